The minimum Gasteiger partial charge on any atom is -0.495 e. The number of hydrogen-bond donors (Lipinski definition) is 1. The molecule has 1 aromatic heterocycles. The van der Waals surface area contributed by atoms with Crippen molar-refractivity contribution in [2.24, 2.45) is 5.92 Å². The molecule has 4 nitrogen and oxygen atoms in total. The van der Waals surface area contributed by atoms with Crippen LogP contribution in [0.2, 0.25) is 0 Å². The van der Waals surface area contributed by atoms with E-state index in [1.165, 1.54) is 0 Å². The quantitative estimate of drug-likeness (QED) is 0.779. The molecule has 16 heavy (non-hydrogen) atoms. The molecule has 1 aromatic rings. The van der Waals surface area contributed by atoms with E-state index in [1.807, 2.05) is 6.92 Å². The van der Waals surface area contributed by atoms with E-state index in [2.05, 4.69) is 10.3 Å². The Morgan fingerprint density at radius 2 is 2.38 bits per heavy atom. The second-order valence-corrected chi connectivity index (χ2v) is 4.12. The lowest BCUT2D eigenvalue weighted by Crippen LogP contribution is -2.28. The molecule has 0 amide bonds. The number of nitrogens with one attached hydrogen (secondary N) is 1. The van der Waals surface area contributed by atoms with Crippen LogP contribution in [0.4, 0.5) is 0 Å². The standard InChI is InChI=1S/C12H16N2O2/c1-8-11(3-4-14-8)12(15)9-5-10(16-2)7-13-6-9/h5-8,11,14H,3-4H2,1-2H3. The lowest BCUT2D eigenvalue weighted by molar-refractivity contribution is 0.0913. The van der Waals surface area contributed by atoms with Crippen LogP contribution in [0.3, 0.4) is 0 Å². The first-order valence-corrected chi connectivity index (χ1v) is 5.49. The second-order valence-electron chi connectivity index (χ2n) is 4.12. The maximum atomic E-state index is 12.2. The normalized spacial score (nSPS) is 24.4. The van der Waals surface area contributed by atoms with E-state index >= 15 is 0 Å². The summed E-state index contributed by atoms with van der Waals surface area (Å²) in [6.45, 7) is 2.96. The number of rotatable bonds is 3. The van der Waals surface area contributed by atoms with Crippen LogP contribution in [-0.2, 0) is 0 Å². The van der Waals surface area contributed by atoms with Crippen LogP contribution < -0.4 is 10.1 Å². The van der Waals surface area contributed by atoms with Crippen molar-refractivity contribution in [1.82, 2.24) is 10.3 Å². The Bertz CT molecular complexity index is 392. The van der Waals surface area contributed by atoms with Crippen molar-refractivity contribution >= 4 is 5.78 Å². The molecule has 4 heteroatoms. The predicted molar refractivity (Wildman–Crippen MR) is 60.7 cm³/mol. The molecular formula is C12H16N2O2. The third-order valence-electron chi connectivity index (χ3n) is 3.10. The van der Waals surface area contributed by atoms with Gasteiger partial charge in [0, 0.05) is 23.7 Å². The number of hydrogen-bond acceptors (Lipinski definition) is 4. The monoisotopic (exact) mass is 220 g/mol. The van der Waals surface area contributed by atoms with Crippen molar-refractivity contribution in [1.29, 1.82) is 0 Å². The molecule has 1 fully saturated rings. The summed E-state index contributed by atoms with van der Waals surface area (Å²) in [5.41, 5.74) is 0.639. The van der Waals surface area contributed by atoms with Crippen LogP contribution in [0.15, 0.2) is 18.5 Å². The zero-order valence-electron chi connectivity index (χ0n) is 9.56. The van der Waals surface area contributed by atoms with E-state index in [0.29, 0.717) is 11.3 Å². The van der Waals surface area contributed by atoms with Gasteiger partial charge in [0.05, 0.1) is 13.3 Å². The highest BCUT2D eigenvalue weighted by atomic mass is 16.5. The van der Waals surface area contributed by atoms with Crippen molar-refractivity contribution in [3.8, 4) is 5.75 Å². The summed E-state index contributed by atoms with van der Waals surface area (Å²) < 4.78 is 5.06. The van der Waals surface area contributed by atoms with Crippen LogP contribution in [0.1, 0.15) is 23.7 Å². The highest BCUT2D eigenvalue weighted by Gasteiger charge is 2.30. The fourth-order valence-corrected chi connectivity index (χ4v) is 2.10. The Labute approximate surface area is 95.0 Å². The largest absolute Gasteiger partial charge is 0.495 e. The van der Waals surface area contributed by atoms with E-state index in [0.717, 1.165) is 13.0 Å². The number of ketones is 1. The van der Waals surface area contributed by atoms with E-state index in [1.54, 1.807) is 25.6 Å². The molecule has 86 valence electrons. The van der Waals surface area contributed by atoms with Crippen LogP contribution in [0, 0.1) is 5.92 Å². The number of aromatic nitrogens is 1. The van der Waals surface area contributed by atoms with E-state index in [4.69, 9.17) is 4.74 Å². The molecule has 0 aliphatic carbocycles. The van der Waals surface area contributed by atoms with Crippen molar-refractivity contribution in [3.05, 3.63) is 24.0 Å². The van der Waals surface area contributed by atoms with Crippen LogP contribution in [-0.4, -0.2) is 30.5 Å². The molecule has 1 saturated heterocycles. The number of pyridine rings is 1. The molecule has 0 spiro atoms. The molecule has 1 aliphatic heterocycles. The summed E-state index contributed by atoms with van der Waals surface area (Å²) in [7, 11) is 1.57. The van der Waals surface area contributed by atoms with Crippen molar-refractivity contribution in [2.45, 2.75) is 19.4 Å². The molecule has 2 unspecified atom stereocenters. The maximum Gasteiger partial charge on any atom is 0.169 e. The van der Waals surface area contributed by atoms with Crippen molar-refractivity contribution < 1.29 is 9.53 Å². The van der Waals surface area contributed by atoms with Gasteiger partial charge in [-0.05, 0) is 26.0 Å². The average molecular weight is 220 g/mol. The second kappa shape index (κ2) is 4.61. The first kappa shape index (κ1) is 11.1. The van der Waals surface area contributed by atoms with Crippen molar-refractivity contribution in [3.63, 3.8) is 0 Å². The molecule has 2 heterocycles. The lowest BCUT2D eigenvalue weighted by atomic mass is 9.93. The predicted octanol–water partition coefficient (Wildman–Crippen LogP) is 1.27. The molecule has 1 N–H and O–H groups in total. The Balaban J connectivity index is 2.19. The summed E-state index contributed by atoms with van der Waals surface area (Å²) in [6, 6.07) is 2.00. The van der Waals surface area contributed by atoms with Crippen molar-refractivity contribution in [2.75, 3.05) is 13.7 Å². The summed E-state index contributed by atoms with van der Waals surface area (Å²) in [6.07, 6.45) is 4.11. The Morgan fingerprint density at radius 1 is 1.56 bits per heavy atom. The molecular weight excluding hydrogens is 204 g/mol. The molecule has 2 atom stereocenters. The number of carbonyl (C=O) groups is 1. The third kappa shape index (κ3) is 2.07. The minimum absolute atomic E-state index is 0.0638. The molecule has 0 saturated carbocycles. The molecule has 1 aliphatic rings. The highest BCUT2D eigenvalue weighted by Crippen LogP contribution is 2.22. The zero-order valence-corrected chi connectivity index (χ0v) is 9.56. The summed E-state index contributed by atoms with van der Waals surface area (Å²) in [4.78, 5) is 16.2. The molecule has 0 radical (unpaired) electrons. The fraction of sp³-hybridized carbons (Fsp3) is 0.500. The van der Waals surface area contributed by atoms with Gasteiger partial charge in [-0.25, -0.2) is 0 Å². The van der Waals surface area contributed by atoms with Crippen LogP contribution in [0.5, 0.6) is 5.75 Å². The van der Waals surface area contributed by atoms with Gasteiger partial charge in [0.2, 0.25) is 0 Å². The number of Topliss-reactive ketones (excluding diaryl/α,β-unsaturated/α-hetero) is 1. The molecule has 0 bridgehead atoms. The number of carbonyl (C=O) groups excluding carboxylic acids is 1. The van der Waals surface area contributed by atoms with Gasteiger partial charge in [-0.1, -0.05) is 0 Å². The van der Waals surface area contributed by atoms with Gasteiger partial charge in [0.15, 0.2) is 5.78 Å². The number of nitrogens with zero attached hydrogens (tertiary/aromatic N) is 1. The van der Waals surface area contributed by atoms with Crippen LogP contribution in [0.25, 0.3) is 0 Å². The lowest BCUT2D eigenvalue weighted by Gasteiger charge is -2.13. The van der Waals surface area contributed by atoms with Gasteiger partial charge >= 0.3 is 0 Å². The highest BCUT2D eigenvalue weighted by molar-refractivity contribution is 5.98. The Morgan fingerprint density at radius 3 is 3.00 bits per heavy atom. The van der Waals surface area contributed by atoms with Gasteiger partial charge in [-0.3, -0.25) is 9.78 Å². The zero-order chi connectivity index (χ0) is 11.5. The molecule has 0 aromatic carbocycles. The number of methoxy groups -OCH3 is 1. The maximum absolute atomic E-state index is 12.2. The van der Waals surface area contributed by atoms with E-state index in [9.17, 15) is 4.79 Å². The summed E-state index contributed by atoms with van der Waals surface area (Å²) >= 11 is 0. The average Bonchev–Trinajstić information content (AvgIpc) is 2.74. The summed E-state index contributed by atoms with van der Waals surface area (Å²) in [5.74, 6) is 0.849. The van der Waals surface area contributed by atoms with Crippen LogP contribution >= 0.6 is 0 Å². The van der Waals surface area contributed by atoms with Gasteiger partial charge < -0.3 is 10.1 Å². The number of ether oxygens (including phenoxy) is 1. The minimum atomic E-state index is 0.0638. The van der Waals surface area contributed by atoms with Gasteiger partial charge in [-0.15, -0.1) is 0 Å². The van der Waals surface area contributed by atoms with E-state index < -0.39 is 0 Å². The first-order valence-electron chi connectivity index (χ1n) is 5.49. The first-order chi connectivity index (χ1) is 7.72. The van der Waals surface area contributed by atoms with Gasteiger partial charge in [-0.2, -0.15) is 0 Å². The van der Waals surface area contributed by atoms with Gasteiger partial charge in [0.25, 0.3) is 0 Å². The Hall–Kier alpha value is -1.42. The topological polar surface area (TPSA) is 51.2 Å². The summed E-state index contributed by atoms with van der Waals surface area (Å²) in [5, 5.41) is 3.28. The fourth-order valence-electron chi connectivity index (χ4n) is 2.10. The third-order valence-corrected chi connectivity index (χ3v) is 3.10. The Kier molecular flexibility index (Phi) is 3.19. The molecule has 2 rings (SSSR count). The van der Waals surface area contributed by atoms with E-state index in [-0.39, 0.29) is 17.7 Å². The van der Waals surface area contributed by atoms with Gasteiger partial charge in [0.1, 0.15) is 5.75 Å². The SMILES string of the molecule is COc1cncc(C(=O)C2CCNC2C)c1. The smallest absolute Gasteiger partial charge is 0.169 e.